The Balaban J connectivity index is 3.02. The number of alkyl halides is 2. The van der Waals surface area contributed by atoms with Crippen molar-refractivity contribution in [2.75, 3.05) is 0 Å². The van der Waals surface area contributed by atoms with Gasteiger partial charge in [-0.15, -0.1) is 0 Å². The normalized spacial score (nSPS) is 12.0. The number of hydrogen-bond acceptors (Lipinski definition) is 1. The summed E-state index contributed by atoms with van der Waals surface area (Å²) in [6, 6.07) is 0. The highest BCUT2D eigenvalue weighted by Gasteiger charge is 2.03. The van der Waals surface area contributed by atoms with E-state index in [4.69, 9.17) is 5.11 Å². The van der Waals surface area contributed by atoms with Gasteiger partial charge < -0.3 is 5.11 Å². The summed E-state index contributed by atoms with van der Waals surface area (Å²) in [5.74, 6) is 0. The van der Waals surface area contributed by atoms with Crippen LogP contribution in [0.15, 0.2) is 0 Å². The van der Waals surface area contributed by atoms with Gasteiger partial charge in [0.05, 0.1) is 0 Å². The Morgan fingerprint density at radius 3 is 1.60 bits per heavy atom. The van der Waals surface area contributed by atoms with E-state index in [9.17, 15) is 0 Å². The summed E-state index contributed by atoms with van der Waals surface area (Å²) >= 11 is 3.84. The highest BCUT2D eigenvalue weighted by Crippen LogP contribution is 2.20. The molecule has 0 saturated carbocycles. The maximum absolute atomic E-state index is 8.49. The maximum atomic E-state index is 8.49. The van der Waals surface area contributed by atoms with Crippen molar-refractivity contribution in [1.29, 1.82) is 0 Å². The van der Waals surface area contributed by atoms with Crippen molar-refractivity contribution in [3.8, 4) is 0 Å². The zero-order valence-corrected chi connectivity index (χ0v) is 7.02. The van der Waals surface area contributed by atoms with Gasteiger partial charge in [0.2, 0.25) is 0 Å². The first kappa shape index (κ1) is 6.42. The first-order chi connectivity index (χ1) is 2.00. The van der Waals surface area contributed by atoms with E-state index in [1.165, 1.54) is 0 Å². The highest BCUT2D eigenvalue weighted by molar-refractivity contribution is 14.2. The quantitative estimate of drug-likeness (QED) is 0.531. The molecule has 0 amide bonds. The average molecular weight is 298 g/mol. The van der Waals surface area contributed by atoms with E-state index in [2.05, 4.69) is 0 Å². The monoisotopic (exact) mass is 298 g/mol. The molecule has 0 aliphatic carbocycles. The van der Waals surface area contributed by atoms with Crippen molar-refractivity contribution in [3.05, 3.63) is 0 Å². The first-order valence-corrected chi connectivity index (χ1v) is 3.26. The van der Waals surface area contributed by atoms with Crippen molar-refractivity contribution in [3.63, 3.8) is 0 Å². The van der Waals surface area contributed by atoms with Crippen molar-refractivity contribution in [2.45, 2.75) is 8.54 Å². The van der Waals surface area contributed by atoms with Crippen LogP contribution in [-0.2, 0) is 0 Å². The van der Waals surface area contributed by atoms with Gasteiger partial charge in [-0.05, 0) is 52.1 Å². The minimum absolute atomic E-state index is 0.560. The molecule has 0 aliphatic heterocycles. The molecule has 32 valence electrons. The fourth-order valence-corrected chi connectivity index (χ4v) is 0. The van der Waals surface area contributed by atoms with E-state index in [0.29, 0.717) is 0 Å². The molecule has 0 bridgehead atoms. The van der Waals surface area contributed by atoms with E-state index in [1.807, 2.05) is 45.2 Å². The predicted molar refractivity (Wildman–Crippen MR) is 38.7 cm³/mol. The molecule has 3 heteroatoms. The Morgan fingerprint density at radius 2 is 1.60 bits per heavy atom. The highest BCUT2D eigenvalue weighted by atomic mass is 127. The molecule has 0 heterocycles. The molecule has 0 aromatic carbocycles. The fourth-order valence-electron chi connectivity index (χ4n) is 0. The smallest absolute Gasteiger partial charge is 0.163 e. The fraction of sp³-hybridized carbons (Fsp3) is 1.00. The van der Waals surface area contributed by atoms with Crippen LogP contribution in [-0.4, -0.2) is 6.72 Å². The summed E-state index contributed by atoms with van der Waals surface area (Å²) in [5.41, 5.74) is 0. The molecule has 0 radical (unpaired) electrons. The van der Waals surface area contributed by atoms with Crippen molar-refractivity contribution >= 4 is 45.2 Å². The minimum Gasteiger partial charge on any atom is -0.371 e. The van der Waals surface area contributed by atoms with Crippen LogP contribution in [0.1, 0.15) is 6.92 Å². The number of hydrogen-bond donors (Lipinski definition) is 1. The maximum Gasteiger partial charge on any atom is 0.163 e. The summed E-state index contributed by atoms with van der Waals surface area (Å²) in [4.78, 5) is 0. The number of rotatable bonds is 0. The third-order valence-corrected chi connectivity index (χ3v) is 0. The molecule has 0 rings (SSSR count). The van der Waals surface area contributed by atoms with Crippen LogP contribution < -0.4 is 0 Å². The lowest BCUT2D eigenvalue weighted by molar-refractivity contribution is 0.284. The molecule has 0 aromatic rings. The predicted octanol–water partition coefficient (Wildman–Crippen LogP) is 1.52. The van der Waals surface area contributed by atoms with Crippen LogP contribution in [0.2, 0.25) is 0 Å². The average Bonchev–Trinajstić information content (AvgIpc) is 0.722. The Labute approximate surface area is 58.4 Å². The molecule has 0 aromatic heterocycles. The van der Waals surface area contributed by atoms with Gasteiger partial charge >= 0.3 is 0 Å². The summed E-state index contributed by atoms with van der Waals surface area (Å²) < 4.78 is -0.560. The van der Waals surface area contributed by atoms with Gasteiger partial charge in [0.15, 0.2) is 1.61 Å². The second-order valence-corrected chi connectivity index (χ2v) is 7.11. The second-order valence-electron chi connectivity index (χ2n) is 0.842. The molecule has 0 atom stereocenters. The summed E-state index contributed by atoms with van der Waals surface area (Å²) in [7, 11) is 0. The second kappa shape index (κ2) is 1.92. The zero-order chi connectivity index (χ0) is 4.50. The summed E-state index contributed by atoms with van der Waals surface area (Å²) in [6.07, 6.45) is 0. The van der Waals surface area contributed by atoms with Crippen LogP contribution in [0.5, 0.6) is 0 Å². The van der Waals surface area contributed by atoms with Crippen molar-refractivity contribution in [1.82, 2.24) is 0 Å². The Kier molecular flexibility index (Phi) is 2.47. The van der Waals surface area contributed by atoms with Crippen molar-refractivity contribution in [2.24, 2.45) is 0 Å². The van der Waals surface area contributed by atoms with E-state index in [-0.39, 0.29) is 0 Å². The lowest BCUT2D eigenvalue weighted by atomic mass is 10.9. The molecule has 1 nitrogen and oxygen atoms in total. The summed E-state index contributed by atoms with van der Waals surface area (Å²) in [5, 5.41) is 8.49. The van der Waals surface area contributed by atoms with Gasteiger partial charge in [0.25, 0.3) is 0 Å². The molecule has 5 heavy (non-hydrogen) atoms. The molecule has 0 saturated heterocycles. The summed E-state index contributed by atoms with van der Waals surface area (Å²) in [6.45, 7) is 1.72. The standard InChI is InChI=1S/C2H4I2O/c1-2(3,4)5/h5H,1H3. The van der Waals surface area contributed by atoms with E-state index in [1.54, 1.807) is 6.92 Å². The van der Waals surface area contributed by atoms with Gasteiger partial charge in [0.1, 0.15) is 0 Å². The molecule has 1 N–H and O–H groups in total. The molecule has 0 unspecified atom stereocenters. The SMILES string of the molecule is CC(O)(I)I. The largest absolute Gasteiger partial charge is 0.371 e. The van der Waals surface area contributed by atoms with E-state index < -0.39 is 1.61 Å². The lowest BCUT2D eigenvalue weighted by Gasteiger charge is -1.99. The van der Waals surface area contributed by atoms with Gasteiger partial charge in [-0.3, -0.25) is 0 Å². The third-order valence-electron chi connectivity index (χ3n) is 0. The minimum atomic E-state index is -0.560. The number of halogens is 2. The van der Waals surface area contributed by atoms with Crippen LogP contribution in [0.3, 0.4) is 0 Å². The molecular weight excluding hydrogens is 294 g/mol. The van der Waals surface area contributed by atoms with Gasteiger partial charge in [-0.1, -0.05) is 0 Å². The van der Waals surface area contributed by atoms with Crippen LogP contribution in [0, 0.1) is 0 Å². The van der Waals surface area contributed by atoms with Crippen LogP contribution in [0.4, 0.5) is 0 Å². The molecule has 0 fully saturated rings. The molecule has 0 spiro atoms. The van der Waals surface area contributed by atoms with Crippen molar-refractivity contribution < 1.29 is 5.11 Å². The first-order valence-electron chi connectivity index (χ1n) is 1.10. The van der Waals surface area contributed by atoms with Gasteiger partial charge in [0, 0.05) is 0 Å². The molecule has 0 aliphatic rings. The van der Waals surface area contributed by atoms with E-state index in [0.717, 1.165) is 0 Å². The van der Waals surface area contributed by atoms with E-state index >= 15 is 0 Å². The number of aliphatic hydroxyl groups is 1. The Morgan fingerprint density at radius 1 is 1.60 bits per heavy atom. The van der Waals surface area contributed by atoms with Gasteiger partial charge in [-0.25, -0.2) is 0 Å². The molecular formula is C2H4I2O. The van der Waals surface area contributed by atoms with Gasteiger partial charge in [-0.2, -0.15) is 0 Å². The third kappa shape index (κ3) is 31.4. The zero-order valence-electron chi connectivity index (χ0n) is 2.70. The Bertz CT molecular complexity index is 23.1. The topological polar surface area (TPSA) is 20.2 Å². The van der Waals surface area contributed by atoms with Crippen LogP contribution in [0.25, 0.3) is 0 Å². The Hall–Kier alpha value is 1.42. The van der Waals surface area contributed by atoms with Crippen LogP contribution >= 0.6 is 45.2 Å². The lowest BCUT2D eigenvalue weighted by Crippen LogP contribution is -1.97.